The molecule has 0 saturated heterocycles. The van der Waals surface area contributed by atoms with Crippen molar-refractivity contribution in [3.05, 3.63) is 47.0 Å². The van der Waals surface area contributed by atoms with Crippen LogP contribution in [0.3, 0.4) is 0 Å². The van der Waals surface area contributed by atoms with E-state index < -0.39 is 11.7 Å². The number of benzene rings is 1. The summed E-state index contributed by atoms with van der Waals surface area (Å²) in [5.74, 6) is 0. The second kappa shape index (κ2) is 5.97. The summed E-state index contributed by atoms with van der Waals surface area (Å²) in [6.07, 6.45) is -0.959. The summed E-state index contributed by atoms with van der Waals surface area (Å²) >= 11 is 5.89. The van der Waals surface area contributed by atoms with E-state index in [2.05, 4.69) is 10.3 Å². The first-order chi connectivity index (χ1) is 9.79. The molecular weight excluding hydrogens is 303 g/mol. The molecule has 21 heavy (non-hydrogen) atoms. The number of nitrogens with one attached hydrogen (secondary N) is 1. The number of hydrogen-bond donors (Lipinski definition) is 1. The molecule has 7 heteroatoms. The van der Waals surface area contributed by atoms with Gasteiger partial charge in [-0.15, -0.1) is 0 Å². The zero-order chi connectivity index (χ0) is 15.6. The third kappa shape index (κ3) is 3.69. The molecule has 1 N–H and O–H groups in total. The molecule has 0 bridgehead atoms. The van der Waals surface area contributed by atoms with E-state index in [-0.39, 0.29) is 11.1 Å². The van der Waals surface area contributed by atoms with Crippen LogP contribution in [0.4, 0.5) is 18.9 Å². The lowest BCUT2D eigenvalue weighted by Gasteiger charge is -2.14. The quantitative estimate of drug-likeness (QED) is 0.882. The highest BCUT2D eigenvalue weighted by molar-refractivity contribution is 6.33. The average Bonchev–Trinajstić information content (AvgIpc) is 2.84. The standard InChI is InChI=1S/C14H15ClF3N3/c1-9(2)21-8-19-6-11(21)7-20-13-4-3-10(5-12(13)15)14(16,17)18/h3-6,8-9,20H,7H2,1-2H3. The molecule has 3 nitrogen and oxygen atoms in total. The highest BCUT2D eigenvalue weighted by Crippen LogP contribution is 2.33. The minimum absolute atomic E-state index is 0.0421. The van der Waals surface area contributed by atoms with Crippen LogP contribution in [0.5, 0.6) is 0 Å². The maximum atomic E-state index is 12.6. The number of alkyl halides is 3. The fourth-order valence-electron chi connectivity index (χ4n) is 1.95. The number of anilines is 1. The van der Waals surface area contributed by atoms with E-state index in [4.69, 9.17) is 11.6 Å². The molecule has 0 spiro atoms. The van der Waals surface area contributed by atoms with Crippen LogP contribution < -0.4 is 5.32 Å². The molecule has 114 valence electrons. The lowest BCUT2D eigenvalue weighted by Crippen LogP contribution is -2.09. The average molecular weight is 318 g/mol. The van der Waals surface area contributed by atoms with Gasteiger partial charge in [0.2, 0.25) is 0 Å². The summed E-state index contributed by atoms with van der Waals surface area (Å²) in [6, 6.07) is 3.52. The normalized spacial score (nSPS) is 12.0. The molecule has 0 aliphatic rings. The molecule has 0 atom stereocenters. The molecule has 0 radical (unpaired) electrons. The van der Waals surface area contributed by atoms with E-state index in [0.29, 0.717) is 12.2 Å². The first-order valence-corrected chi connectivity index (χ1v) is 6.78. The van der Waals surface area contributed by atoms with Gasteiger partial charge in [-0.05, 0) is 32.0 Å². The van der Waals surface area contributed by atoms with Gasteiger partial charge in [-0.1, -0.05) is 11.6 Å². The van der Waals surface area contributed by atoms with E-state index in [9.17, 15) is 13.2 Å². The smallest absolute Gasteiger partial charge is 0.378 e. The van der Waals surface area contributed by atoms with Crippen LogP contribution in [-0.4, -0.2) is 9.55 Å². The summed E-state index contributed by atoms with van der Waals surface area (Å²) in [4.78, 5) is 4.07. The van der Waals surface area contributed by atoms with Crippen LogP contribution in [0.25, 0.3) is 0 Å². The van der Waals surface area contributed by atoms with Gasteiger partial charge in [-0.2, -0.15) is 13.2 Å². The maximum Gasteiger partial charge on any atom is 0.416 e. The van der Waals surface area contributed by atoms with Gasteiger partial charge in [0.25, 0.3) is 0 Å². The fourth-order valence-corrected chi connectivity index (χ4v) is 2.20. The summed E-state index contributed by atoms with van der Waals surface area (Å²) < 4.78 is 39.7. The maximum absolute atomic E-state index is 12.6. The van der Waals surface area contributed by atoms with Gasteiger partial charge in [0.1, 0.15) is 0 Å². The third-order valence-corrected chi connectivity index (χ3v) is 3.37. The van der Waals surface area contributed by atoms with Crippen LogP contribution in [0, 0.1) is 0 Å². The molecule has 0 unspecified atom stereocenters. The van der Waals surface area contributed by atoms with Crippen LogP contribution in [0.2, 0.25) is 5.02 Å². The monoisotopic (exact) mass is 317 g/mol. The number of halogens is 4. The Bertz CT molecular complexity index is 620. The first kappa shape index (κ1) is 15.7. The van der Waals surface area contributed by atoms with Crippen LogP contribution in [-0.2, 0) is 12.7 Å². The van der Waals surface area contributed by atoms with Gasteiger partial charge in [-0.25, -0.2) is 4.98 Å². The molecule has 2 aromatic rings. The zero-order valence-electron chi connectivity index (χ0n) is 11.6. The molecule has 1 aromatic heterocycles. The van der Waals surface area contributed by atoms with Crippen molar-refractivity contribution in [1.29, 1.82) is 0 Å². The van der Waals surface area contributed by atoms with Crippen LogP contribution >= 0.6 is 11.6 Å². The second-order valence-corrected chi connectivity index (χ2v) is 5.34. The summed E-state index contributed by atoms with van der Waals surface area (Å²) in [7, 11) is 0. The van der Waals surface area contributed by atoms with E-state index in [1.807, 2.05) is 18.4 Å². The predicted molar refractivity (Wildman–Crippen MR) is 76.4 cm³/mol. The van der Waals surface area contributed by atoms with Gasteiger partial charge >= 0.3 is 6.18 Å². The number of rotatable bonds is 4. The Morgan fingerprint density at radius 3 is 2.62 bits per heavy atom. The van der Waals surface area contributed by atoms with Crippen molar-refractivity contribution >= 4 is 17.3 Å². The van der Waals surface area contributed by atoms with Crippen molar-refractivity contribution in [2.75, 3.05) is 5.32 Å². The summed E-state index contributed by atoms with van der Waals surface area (Å²) in [5.41, 5.74) is 0.632. The Morgan fingerprint density at radius 1 is 1.33 bits per heavy atom. The van der Waals surface area contributed by atoms with Crippen molar-refractivity contribution in [3.63, 3.8) is 0 Å². The molecule has 1 heterocycles. The molecule has 0 amide bonds. The van der Waals surface area contributed by atoms with Crippen molar-refractivity contribution < 1.29 is 13.2 Å². The third-order valence-electron chi connectivity index (χ3n) is 3.06. The zero-order valence-corrected chi connectivity index (χ0v) is 12.3. The Balaban J connectivity index is 2.12. The van der Waals surface area contributed by atoms with Crippen molar-refractivity contribution in [1.82, 2.24) is 9.55 Å². The second-order valence-electron chi connectivity index (χ2n) is 4.93. The van der Waals surface area contributed by atoms with Crippen LogP contribution in [0.15, 0.2) is 30.7 Å². The molecule has 0 saturated carbocycles. The van der Waals surface area contributed by atoms with E-state index in [1.54, 1.807) is 12.5 Å². The highest BCUT2D eigenvalue weighted by atomic mass is 35.5. The number of imidazole rings is 1. The van der Waals surface area contributed by atoms with Gasteiger partial charge in [0.15, 0.2) is 0 Å². The predicted octanol–water partition coefficient (Wildman–Crippen LogP) is 4.75. The number of aromatic nitrogens is 2. The van der Waals surface area contributed by atoms with Gasteiger partial charge < -0.3 is 9.88 Å². The van der Waals surface area contributed by atoms with Crippen molar-refractivity contribution in [3.8, 4) is 0 Å². The van der Waals surface area contributed by atoms with Crippen molar-refractivity contribution in [2.24, 2.45) is 0 Å². The SMILES string of the molecule is CC(C)n1cncc1CNc1ccc(C(F)(F)F)cc1Cl. The van der Waals surface area contributed by atoms with Crippen LogP contribution in [0.1, 0.15) is 31.1 Å². The van der Waals surface area contributed by atoms with E-state index >= 15 is 0 Å². The van der Waals surface area contributed by atoms with Crippen molar-refractivity contribution in [2.45, 2.75) is 32.6 Å². The lowest BCUT2D eigenvalue weighted by molar-refractivity contribution is -0.137. The fraction of sp³-hybridized carbons (Fsp3) is 0.357. The number of hydrogen-bond acceptors (Lipinski definition) is 2. The molecule has 2 rings (SSSR count). The molecule has 0 aliphatic heterocycles. The molecule has 1 aromatic carbocycles. The Kier molecular flexibility index (Phi) is 4.46. The Morgan fingerprint density at radius 2 is 2.05 bits per heavy atom. The Hall–Kier alpha value is -1.69. The summed E-state index contributed by atoms with van der Waals surface area (Å²) in [5, 5.41) is 3.07. The van der Waals surface area contributed by atoms with Gasteiger partial charge in [0.05, 0.1) is 34.8 Å². The topological polar surface area (TPSA) is 29.9 Å². The van der Waals surface area contributed by atoms with E-state index in [1.165, 1.54) is 6.07 Å². The molecular formula is C14H15ClF3N3. The van der Waals surface area contributed by atoms with Gasteiger partial charge in [-0.3, -0.25) is 0 Å². The first-order valence-electron chi connectivity index (χ1n) is 6.40. The Labute approximate surface area is 125 Å². The minimum atomic E-state index is -4.39. The minimum Gasteiger partial charge on any atom is -0.378 e. The highest BCUT2D eigenvalue weighted by Gasteiger charge is 2.30. The van der Waals surface area contributed by atoms with Gasteiger partial charge in [0, 0.05) is 12.2 Å². The summed E-state index contributed by atoms with van der Waals surface area (Å²) in [6.45, 7) is 4.48. The number of nitrogens with zero attached hydrogens (tertiary/aromatic N) is 2. The largest absolute Gasteiger partial charge is 0.416 e. The lowest BCUT2D eigenvalue weighted by atomic mass is 10.2. The van der Waals surface area contributed by atoms with E-state index in [0.717, 1.165) is 17.8 Å². The molecule has 0 fully saturated rings. The molecule has 0 aliphatic carbocycles.